The van der Waals surface area contributed by atoms with Gasteiger partial charge in [-0.2, -0.15) is 0 Å². The number of fused-ring (bicyclic) bond motifs is 4. The van der Waals surface area contributed by atoms with Gasteiger partial charge in [0, 0.05) is 10.9 Å². The number of hydrogen-bond donors (Lipinski definition) is 3. The molecule has 0 fully saturated rings. The number of methoxy groups -OCH3 is 1. The first-order chi connectivity index (χ1) is 13.1. The maximum Gasteiger partial charge on any atom is 0.306 e. The number of nitrogens with one attached hydrogen (secondary N) is 2. The van der Waals surface area contributed by atoms with Gasteiger partial charge in [0.15, 0.2) is 0 Å². The molecule has 3 aromatic heterocycles. The number of carbonyl (C=O) groups is 1. The van der Waals surface area contributed by atoms with Gasteiger partial charge in [0.05, 0.1) is 34.3 Å². The molecule has 3 N–H and O–H groups in total. The Labute approximate surface area is 162 Å². The van der Waals surface area contributed by atoms with Crippen molar-refractivity contribution in [1.29, 1.82) is 0 Å². The molecule has 1 unspecified atom stereocenters. The number of rotatable bonds is 4. The number of aromatic amines is 1. The van der Waals surface area contributed by atoms with E-state index in [0.717, 1.165) is 49.0 Å². The smallest absolute Gasteiger partial charge is 0.306 e. The Kier molecular flexibility index (Phi) is 3.80. The maximum absolute atomic E-state index is 11.4. The quantitative estimate of drug-likeness (QED) is 0.475. The van der Waals surface area contributed by atoms with Crippen molar-refractivity contribution in [3.8, 4) is 5.75 Å². The van der Waals surface area contributed by atoms with Crippen molar-refractivity contribution >= 4 is 60.8 Å². The molecule has 0 aliphatic heterocycles. The van der Waals surface area contributed by atoms with Crippen LogP contribution in [-0.2, 0) is 17.6 Å². The van der Waals surface area contributed by atoms with Crippen LogP contribution in [0.25, 0.3) is 20.4 Å². The van der Waals surface area contributed by atoms with Crippen molar-refractivity contribution in [2.45, 2.75) is 19.3 Å². The molecule has 27 heavy (non-hydrogen) atoms. The molecule has 4 aromatic rings. The Hall–Kier alpha value is -2.65. The number of ether oxygens (including phenoxy) is 1. The molecule has 1 aliphatic carbocycles. The summed E-state index contributed by atoms with van der Waals surface area (Å²) in [6.07, 6.45) is 3.49. The third-order valence-corrected chi connectivity index (χ3v) is 7.06. The monoisotopic (exact) mass is 400 g/mol. The van der Waals surface area contributed by atoms with Gasteiger partial charge < -0.3 is 19.5 Å². The first-order valence-corrected chi connectivity index (χ1v) is 10.2. The van der Waals surface area contributed by atoms with Gasteiger partial charge in [-0.15, -0.1) is 11.3 Å². The number of aryl methyl sites for hydroxylation is 1. The minimum atomic E-state index is -0.722. The van der Waals surface area contributed by atoms with E-state index in [2.05, 4.69) is 19.7 Å². The van der Waals surface area contributed by atoms with Crippen LogP contribution in [-0.4, -0.2) is 32.5 Å². The Morgan fingerprint density at radius 2 is 2.30 bits per heavy atom. The number of H-pyrrole nitrogens is 1. The lowest BCUT2D eigenvalue weighted by Crippen LogP contribution is -2.21. The highest BCUT2D eigenvalue weighted by Gasteiger charge is 2.29. The minimum Gasteiger partial charge on any atom is -0.494 e. The molecule has 1 atom stereocenters. The zero-order chi connectivity index (χ0) is 18.5. The van der Waals surface area contributed by atoms with Crippen LogP contribution in [0.5, 0.6) is 5.75 Å². The summed E-state index contributed by atoms with van der Waals surface area (Å²) in [5.74, 6) is 0.443. The van der Waals surface area contributed by atoms with Crippen molar-refractivity contribution in [2.75, 3.05) is 12.4 Å². The average Bonchev–Trinajstić information content (AvgIpc) is 3.02. The lowest BCUT2D eigenvalue weighted by molar-refractivity contribution is -0.142. The van der Waals surface area contributed by atoms with Crippen LogP contribution in [0, 0.1) is 5.92 Å². The Bertz CT molecular complexity index is 1180. The summed E-state index contributed by atoms with van der Waals surface area (Å²) in [5, 5.41) is 13.8. The number of hydrogen-bond acceptors (Lipinski definition) is 7. The molecule has 3 heterocycles. The van der Waals surface area contributed by atoms with E-state index < -0.39 is 5.97 Å². The molecule has 138 valence electrons. The number of thiophene rings is 1. The van der Waals surface area contributed by atoms with E-state index in [-0.39, 0.29) is 5.92 Å². The van der Waals surface area contributed by atoms with Gasteiger partial charge in [-0.3, -0.25) is 4.79 Å². The van der Waals surface area contributed by atoms with Crippen LogP contribution in [0.2, 0.25) is 0 Å². The number of carboxylic acid groups (broad SMARTS) is 1. The minimum absolute atomic E-state index is 0.312. The number of benzene rings is 1. The van der Waals surface area contributed by atoms with Gasteiger partial charge in [-0.1, -0.05) is 11.5 Å². The van der Waals surface area contributed by atoms with E-state index >= 15 is 0 Å². The lowest BCUT2D eigenvalue weighted by Gasteiger charge is -2.19. The molecule has 5 rings (SSSR count). The molecule has 0 saturated carbocycles. The van der Waals surface area contributed by atoms with E-state index in [0.29, 0.717) is 12.8 Å². The largest absolute Gasteiger partial charge is 0.494 e. The van der Waals surface area contributed by atoms with Gasteiger partial charge in [0.25, 0.3) is 0 Å². The van der Waals surface area contributed by atoms with Crippen LogP contribution in [0.15, 0.2) is 18.5 Å². The van der Waals surface area contributed by atoms with Crippen LogP contribution < -0.4 is 10.1 Å². The molecular weight excluding hydrogens is 384 g/mol. The van der Waals surface area contributed by atoms with Gasteiger partial charge in [0.2, 0.25) is 0 Å². The van der Waals surface area contributed by atoms with Crippen molar-refractivity contribution < 1.29 is 14.6 Å². The molecule has 1 aliphatic rings. The fraction of sp³-hybridized carbons (Fsp3) is 0.278. The van der Waals surface area contributed by atoms with Crippen LogP contribution in [0.3, 0.4) is 0 Å². The normalized spacial score (nSPS) is 16.6. The van der Waals surface area contributed by atoms with E-state index in [1.54, 1.807) is 36.3 Å². The summed E-state index contributed by atoms with van der Waals surface area (Å²) in [6, 6.07) is 4.01. The molecular formula is C18H16N4O3S2. The van der Waals surface area contributed by atoms with Crippen LogP contribution in [0.4, 0.5) is 11.5 Å². The molecule has 0 radical (unpaired) electrons. The first-order valence-electron chi connectivity index (χ1n) is 8.54. The van der Waals surface area contributed by atoms with E-state index in [9.17, 15) is 9.90 Å². The second kappa shape index (κ2) is 6.21. The molecule has 0 saturated heterocycles. The van der Waals surface area contributed by atoms with Gasteiger partial charge in [-0.25, -0.2) is 9.97 Å². The highest BCUT2D eigenvalue weighted by Crippen LogP contribution is 2.42. The summed E-state index contributed by atoms with van der Waals surface area (Å²) in [7, 11) is 1.65. The number of anilines is 2. The molecule has 0 spiro atoms. The second-order valence-corrected chi connectivity index (χ2v) is 8.49. The fourth-order valence-corrected chi connectivity index (χ4v) is 5.50. The van der Waals surface area contributed by atoms with Gasteiger partial charge in [0.1, 0.15) is 22.7 Å². The number of aromatic nitrogens is 3. The third-order valence-electron chi connectivity index (χ3n) is 5.02. The zero-order valence-corrected chi connectivity index (χ0v) is 16.0. The Balaban J connectivity index is 1.59. The molecule has 1 aromatic carbocycles. The molecule has 9 heteroatoms. The van der Waals surface area contributed by atoms with Gasteiger partial charge in [-0.05, 0) is 30.9 Å². The third kappa shape index (κ3) is 2.65. The first kappa shape index (κ1) is 16.5. The number of nitrogens with zero attached hydrogens (tertiary/aromatic N) is 2. The molecule has 7 nitrogen and oxygen atoms in total. The average molecular weight is 400 g/mol. The summed E-state index contributed by atoms with van der Waals surface area (Å²) >= 11 is 3.15. The maximum atomic E-state index is 11.4. The second-order valence-electron chi connectivity index (χ2n) is 6.56. The van der Waals surface area contributed by atoms with Crippen LogP contribution >= 0.6 is 22.9 Å². The standard InChI is InChI=1S/C18H16N4O3S2/c1-25-12-5-11-14(27-22-11)6-10(12)21-16-15-9-3-2-8(18(23)24)4-13(9)26-17(15)20-7-19-16/h5-8,22H,2-4H2,1H3,(H,23,24)(H,19,20,21). The summed E-state index contributed by atoms with van der Waals surface area (Å²) in [4.78, 5) is 22.3. The highest BCUT2D eigenvalue weighted by atomic mass is 32.1. The lowest BCUT2D eigenvalue weighted by atomic mass is 9.88. The Morgan fingerprint density at radius 3 is 3.04 bits per heavy atom. The number of aliphatic carboxylic acids is 1. The topological polar surface area (TPSA) is 100 Å². The van der Waals surface area contributed by atoms with Crippen LogP contribution in [0.1, 0.15) is 16.9 Å². The molecule has 0 amide bonds. The SMILES string of the molecule is COc1cc2[nH]sc2cc1Nc1ncnc2sc3c(c12)CCC(C(=O)O)C3. The van der Waals surface area contributed by atoms with Crippen molar-refractivity contribution in [3.63, 3.8) is 0 Å². The summed E-state index contributed by atoms with van der Waals surface area (Å²) < 4.78 is 9.84. The van der Waals surface area contributed by atoms with Gasteiger partial charge >= 0.3 is 5.97 Å². The summed E-state index contributed by atoms with van der Waals surface area (Å²) in [6.45, 7) is 0. The van der Waals surface area contributed by atoms with E-state index in [1.807, 2.05) is 12.1 Å². The van der Waals surface area contributed by atoms with Crippen molar-refractivity contribution in [2.24, 2.45) is 5.92 Å². The zero-order valence-electron chi connectivity index (χ0n) is 14.4. The predicted octanol–water partition coefficient (Wildman–Crippen LogP) is 4.18. The predicted molar refractivity (Wildman–Crippen MR) is 107 cm³/mol. The van der Waals surface area contributed by atoms with Crippen molar-refractivity contribution in [1.82, 2.24) is 14.3 Å². The molecule has 0 bridgehead atoms. The summed E-state index contributed by atoms with van der Waals surface area (Å²) in [5.41, 5.74) is 3.09. The fourth-order valence-electron chi connectivity index (χ4n) is 3.60. The Morgan fingerprint density at radius 1 is 1.41 bits per heavy atom. The van der Waals surface area contributed by atoms with E-state index in [4.69, 9.17) is 4.74 Å². The highest BCUT2D eigenvalue weighted by molar-refractivity contribution is 7.19. The number of carboxylic acids is 1. The van der Waals surface area contributed by atoms with Crippen molar-refractivity contribution in [3.05, 3.63) is 28.9 Å². The van der Waals surface area contributed by atoms with E-state index in [1.165, 1.54) is 5.56 Å².